The summed E-state index contributed by atoms with van der Waals surface area (Å²) >= 11 is 0. The number of carbonyl (C=O) groups excluding carboxylic acids is 2. The summed E-state index contributed by atoms with van der Waals surface area (Å²) < 4.78 is 24.5. The predicted molar refractivity (Wildman–Crippen MR) is 94.2 cm³/mol. The number of hydrogen-bond donors (Lipinski definition) is 1. The SMILES string of the molecule is COC(=O)C1(c2cccc(F)c2C)CCC(O)=C(C(=O)OC(C)(C)C)C1. The van der Waals surface area contributed by atoms with Crippen molar-refractivity contribution in [2.75, 3.05) is 7.11 Å². The maximum atomic E-state index is 14.1. The topological polar surface area (TPSA) is 72.8 Å². The minimum atomic E-state index is -1.25. The van der Waals surface area contributed by atoms with E-state index >= 15 is 0 Å². The molecule has 5 nitrogen and oxygen atoms in total. The average molecular weight is 364 g/mol. The van der Waals surface area contributed by atoms with E-state index in [-0.39, 0.29) is 30.6 Å². The number of halogens is 1. The van der Waals surface area contributed by atoms with Gasteiger partial charge in [0.15, 0.2) is 0 Å². The second-order valence-corrected chi connectivity index (χ2v) is 7.59. The van der Waals surface area contributed by atoms with Gasteiger partial charge in [-0.3, -0.25) is 4.79 Å². The molecule has 0 aromatic heterocycles. The number of aliphatic hydroxyl groups excluding tert-OH is 1. The van der Waals surface area contributed by atoms with Crippen molar-refractivity contribution in [2.24, 2.45) is 0 Å². The van der Waals surface area contributed by atoms with Crippen LogP contribution in [0.4, 0.5) is 4.39 Å². The quantitative estimate of drug-likeness (QED) is 0.824. The van der Waals surface area contributed by atoms with Gasteiger partial charge >= 0.3 is 11.9 Å². The number of carbonyl (C=O) groups is 2. The summed E-state index contributed by atoms with van der Waals surface area (Å²) in [6.45, 7) is 6.74. The van der Waals surface area contributed by atoms with Crippen LogP contribution >= 0.6 is 0 Å². The molecule has 1 aromatic rings. The lowest BCUT2D eigenvalue weighted by atomic mass is 9.67. The molecule has 0 bridgehead atoms. The van der Waals surface area contributed by atoms with Gasteiger partial charge in [0.2, 0.25) is 0 Å². The number of esters is 2. The number of aliphatic hydroxyl groups is 1. The van der Waals surface area contributed by atoms with Crippen molar-refractivity contribution in [2.45, 2.75) is 58.0 Å². The Balaban J connectivity index is 2.54. The van der Waals surface area contributed by atoms with Crippen LogP contribution in [0.25, 0.3) is 0 Å². The molecule has 0 radical (unpaired) electrons. The van der Waals surface area contributed by atoms with E-state index in [1.54, 1.807) is 33.8 Å². The molecule has 0 heterocycles. The first-order valence-corrected chi connectivity index (χ1v) is 8.50. The Morgan fingerprint density at radius 1 is 1.27 bits per heavy atom. The normalized spacial score (nSPS) is 20.7. The van der Waals surface area contributed by atoms with E-state index in [1.807, 2.05) is 0 Å². The number of allylic oxidation sites excluding steroid dienone is 1. The zero-order chi connectivity index (χ0) is 19.7. The Labute approximate surface area is 152 Å². The largest absolute Gasteiger partial charge is 0.512 e. The summed E-state index contributed by atoms with van der Waals surface area (Å²) in [4.78, 5) is 25.3. The van der Waals surface area contributed by atoms with Crippen molar-refractivity contribution in [3.63, 3.8) is 0 Å². The molecule has 1 aliphatic carbocycles. The summed E-state index contributed by atoms with van der Waals surface area (Å²) in [5, 5.41) is 10.2. The minimum Gasteiger partial charge on any atom is -0.512 e. The monoisotopic (exact) mass is 364 g/mol. The summed E-state index contributed by atoms with van der Waals surface area (Å²) in [7, 11) is 1.25. The third-order valence-electron chi connectivity index (χ3n) is 4.62. The molecular weight excluding hydrogens is 339 g/mol. The second-order valence-electron chi connectivity index (χ2n) is 7.59. The molecule has 0 amide bonds. The minimum absolute atomic E-state index is 0.0280. The highest BCUT2D eigenvalue weighted by molar-refractivity contribution is 5.93. The Kier molecular flexibility index (Phi) is 5.44. The Hall–Kier alpha value is -2.37. The van der Waals surface area contributed by atoms with Crippen LogP contribution in [0.2, 0.25) is 0 Å². The van der Waals surface area contributed by atoms with E-state index in [9.17, 15) is 19.1 Å². The van der Waals surface area contributed by atoms with Gasteiger partial charge < -0.3 is 14.6 Å². The third-order valence-corrected chi connectivity index (χ3v) is 4.62. The summed E-state index contributed by atoms with van der Waals surface area (Å²) in [5.41, 5.74) is -1.19. The van der Waals surface area contributed by atoms with Crippen molar-refractivity contribution in [1.29, 1.82) is 0 Å². The van der Waals surface area contributed by atoms with Crippen molar-refractivity contribution < 1.29 is 28.6 Å². The van der Waals surface area contributed by atoms with Crippen LogP contribution in [0.3, 0.4) is 0 Å². The fourth-order valence-corrected chi connectivity index (χ4v) is 3.34. The number of rotatable bonds is 3. The molecule has 1 unspecified atom stereocenters. The van der Waals surface area contributed by atoms with E-state index in [4.69, 9.17) is 9.47 Å². The number of benzene rings is 1. The van der Waals surface area contributed by atoms with Crippen molar-refractivity contribution >= 4 is 11.9 Å². The highest BCUT2D eigenvalue weighted by atomic mass is 19.1. The molecule has 26 heavy (non-hydrogen) atoms. The van der Waals surface area contributed by atoms with Crippen molar-refractivity contribution in [3.05, 3.63) is 46.5 Å². The lowest BCUT2D eigenvalue weighted by Gasteiger charge is -2.37. The maximum Gasteiger partial charge on any atom is 0.337 e. The first-order chi connectivity index (χ1) is 12.0. The van der Waals surface area contributed by atoms with Gasteiger partial charge in [-0.25, -0.2) is 9.18 Å². The number of methoxy groups -OCH3 is 1. The molecule has 142 valence electrons. The van der Waals surface area contributed by atoms with Crippen LogP contribution in [-0.2, 0) is 24.5 Å². The van der Waals surface area contributed by atoms with Crippen LogP contribution < -0.4 is 0 Å². The highest BCUT2D eigenvalue weighted by Crippen LogP contribution is 2.44. The fourth-order valence-electron chi connectivity index (χ4n) is 3.34. The summed E-state index contributed by atoms with van der Waals surface area (Å²) in [6, 6.07) is 4.49. The van der Waals surface area contributed by atoms with E-state index < -0.39 is 28.8 Å². The van der Waals surface area contributed by atoms with E-state index in [0.717, 1.165) is 0 Å². The van der Waals surface area contributed by atoms with Crippen LogP contribution in [0.5, 0.6) is 0 Å². The molecule has 1 aromatic carbocycles. The lowest BCUT2D eigenvalue weighted by molar-refractivity contribution is -0.152. The highest BCUT2D eigenvalue weighted by Gasteiger charge is 2.48. The molecule has 1 aliphatic rings. The number of hydrogen-bond acceptors (Lipinski definition) is 5. The van der Waals surface area contributed by atoms with E-state index in [0.29, 0.717) is 11.1 Å². The molecule has 0 saturated carbocycles. The predicted octanol–water partition coefficient (Wildman–Crippen LogP) is 3.88. The maximum absolute atomic E-state index is 14.1. The molecule has 1 N–H and O–H groups in total. The molecule has 0 fully saturated rings. The Bertz CT molecular complexity index is 760. The van der Waals surface area contributed by atoms with Crippen LogP contribution in [0.15, 0.2) is 29.5 Å². The fraction of sp³-hybridized carbons (Fsp3) is 0.500. The first kappa shape index (κ1) is 19.9. The summed E-state index contributed by atoms with van der Waals surface area (Å²) in [5.74, 6) is -1.80. The standard InChI is InChI=1S/C20H25FO5/c1-12-14(7-6-8-15(12)21)20(18(24)25-5)10-9-16(22)13(11-20)17(23)26-19(2,3)4/h6-8,22H,9-11H2,1-5H3. The van der Waals surface area contributed by atoms with Crippen LogP contribution in [0, 0.1) is 12.7 Å². The van der Waals surface area contributed by atoms with Gasteiger partial charge in [0, 0.05) is 12.8 Å². The third kappa shape index (κ3) is 3.74. The average Bonchev–Trinajstić information content (AvgIpc) is 2.56. The van der Waals surface area contributed by atoms with Crippen molar-refractivity contribution in [1.82, 2.24) is 0 Å². The van der Waals surface area contributed by atoms with Gasteiger partial charge in [-0.15, -0.1) is 0 Å². The zero-order valence-corrected chi connectivity index (χ0v) is 15.8. The van der Waals surface area contributed by atoms with Crippen molar-refractivity contribution in [3.8, 4) is 0 Å². The second kappa shape index (κ2) is 7.09. The van der Waals surface area contributed by atoms with Gasteiger partial charge in [-0.2, -0.15) is 0 Å². The lowest BCUT2D eigenvalue weighted by Crippen LogP contribution is -2.42. The molecular formula is C20H25FO5. The molecule has 2 rings (SSSR count). The summed E-state index contributed by atoms with van der Waals surface area (Å²) in [6.07, 6.45) is 0.201. The zero-order valence-electron chi connectivity index (χ0n) is 15.8. The van der Waals surface area contributed by atoms with Gasteiger partial charge in [-0.05, 0) is 51.3 Å². The van der Waals surface area contributed by atoms with Gasteiger partial charge in [-0.1, -0.05) is 12.1 Å². The Morgan fingerprint density at radius 2 is 1.92 bits per heavy atom. The van der Waals surface area contributed by atoms with Crippen LogP contribution in [0.1, 0.15) is 51.2 Å². The van der Waals surface area contributed by atoms with Crippen LogP contribution in [-0.4, -0.2) is 29.8 Å². The van der Waals surface area contributed by atoms with Gasteiger partial charge in [0.05, 0.1) is 18.1 Å². The Morgan fingerprint density at radius 3 is 2.50 bits per heavy atom. The van der Waals surface area contributed by atoms with E-state index in [1.165, 1.54) is 19.2 Å². The first-order valence-electron chi connectivity index (χ1n) is 8.50. The molecule has 1 atom stereocenters. The molecule has 6 heteroatoms. The molecule has 0 aliphatic heterocycles. The van der Waals surface area contributed by atoms with Gasteiger partial charge in [0.1, 0.15) is 17.2 Å². The van der Waals surface area contributed by atoms with Gasteiger partial charge in [0.25, 0.3) is 0 Å². The van der Waals surface area contributed by atoms with E-state index in [2.05, 4.69) is 0 Å². The molecule has 0 saturated heterocycles. The molecule has 0 spiro atoms. The smallest absolute Gasteiger partial charge is 0.337 e. The number of ether oxygens (including phenoxy) is 2.